The summed E-state index contributed by atoms with van der Waals surface area (Å²) in [6.45, 7) is 3.86. The highest BCUT2D eigenvalue weighted by atomic mass is 32.1. The van der Waals surface area contributed by atoms with Gasteiger partial charge in [0, 0.05) is 11.9 Å². The van der Waals surface area contributed by atoms with Crippen LogP contribution in [-0.4, -0.2) is 42.4 Å². The van der Waals surface area contributed by atoms with Crippen LogP contribution in [0.25, 0.3) is 0 Å². The predicted molar refractivity (Wildman–Crippen MR) is 59.4 cm³/mol. The lowest BCUT2D eigenvalue weighted by Gasteiger charge is -2.19. The predicted octanol–water partition coefficient (Wildman–Crippen LogP) is -0.227. The molecule has 1 N–H and O–H groups in total. The average molecular weight is 226 g/mol. The van der Waals surface area contributed by atoms with Crippen molar-refractivity contribution in [2.45, 2.75) is 13.8 Å². The van der Waals surface area contributed by atoms with Gasteiger partial charge in [0.15, 0.2) is 0 Å². The van der Waals surface area contributed by atoms with Crippen LogP contribution in [0.3, 0.4) is 0 Å². The highest BCUT2D eigenvalue weighted by Crippen LogP contribution is 2.12. The molecular weight excluding hydrogens is 216 g/mol. The van der Waals surface area contributed by atoms with Crippen molar-refractivity contribution < 1.29 is 14.1 Å². The third-order valence-electron chi connectivity index (χ3n) is 2.37. The maximum Gasteiger partial charge on any atom is 0.346 e. The first-order chi connectivity index (χ1) is 7.00. The molecule has 2 rings (SSSR count). The minimum absolute atomic E-state index is 0.00694. The lowest BCUT2D eigenvalue weighted by atomic mass is 10.2. The van der Waals surface area contributed by atoms with Crippen LogP contribution in [-0.2, 0) is 14.8 Å². The summed E-state index contributed by atoms with van der Waals surface area (Å²) >= 11 is 0. The Labute approximate surface area is 88.4 Å². The molecule has 0 fully saturated rings. The van der Waals surface area contributed by atoms with Gasteiger partial charge in [-0.3, -0.25) is 0 Å². The molecule has 0 atom stereocenters. The van der Waals surface area contributed by atoms with Crippen molar-refractivity contribution in [1.82, 2.24) is 4.90 Å². The molecule has 2 aliphatic rings. The normalized spacial score (nSPS) is 20.1. The van der Waals surface area contributed by atoms with Crippen molar-refractivity contribution in [2.24, 2.45) is 4.99 Å². The first-order valence-electron chi connectivity index (χ1n) is 4.39. The molecule has 2 heterocycles. The van der Waals surface area contributed by atoms with Crippen LogP contribution in [0.4, 0.5) is 0 Å². The lowest BCUT2D eigenvalue weighted by Crippen LogP contribution is -2.30. The Balaban J connectivity index is 2.59. The molecule has 0 aliphatic carbocycles. The van der Waals surface area contributed by atoms with Crippen LogP contribution < -0.4 is 0 Å². The molecule has 2 aliphatic heterocycles. The second-order valence-corrected chi connectivity index (χ2v) is 4.81. The number of nitrogens with zero attached hydrogens (tertiary/aromatic N) is 2. The number of allylic oxidation sites excluding steroid dienone is 1. The minimum atomic E-state index is -1.62. The van der Waals surface area contributed by atoms with Crippen molar-refractivity contribution in [3.05, 3.63) is 11.8 Å². The summed E-state index contributed by atoms with van der Waals surface area (Å²) in [5, 5.41) is 9.15. The zero-order valence-electron chi connectivity index (χ0n) is 8.35. The van der Waals surface area contributed by atoms with Crippen molar-refractivity contribution in [1.29, 1.82) is 0 Å². The zero-order chi connectivity index (χ0) is 11.2. The van der Waals surface area contributed by atoms with E-state index in [4.69, 9.17) is 5.11 Å². The summed E-state index contributed by atoms with van der Waals surface area (Å²) in [6.07, 6.45) is 1.78. The van der Waals surface area contributed by atoms with Gasteiger partial charge in [0.2, 0.25) is 5.11 Å². The maximum atomic E-state index is 11.7. The Morgan fingerprint density at radius 2 is 2.27 bits per heavy atom. The standard InChI is InChI=1S/C9H10N2O3S/c1-5-3-11-4-7(8(12)13)15(14)9(11)10-6(5)2/h3H,4H2,1-2H3,(H,12,13). The number of carboxylic acids is 1. The maximum absolute atomic E-state index is 11.7. The number of rotatable bonds is 1. The summed E-state index contributed by atoms with van der Waals surface area (Å²) < 4.78 is 11.7. The molecule has 0 unspecified atom stereocenters. The number of fused-ring (bicyclic) bond motifs is 1. The van der Waals surface area contributed by atoms with Gasteiger partial charge in [0.25, 0.3) is 0 Å². The summed E-state index contributed by atoms with van der Waals surface area (Å²) in [5.74, 6) is -1.12. The first kappa shape index (κ1) is 9.97. The Kier molecular flexibility index (Phi) is 2.15. The smallest absolute Gasteiger partial charge is 0.346 e. The SMILES string of the molecule is CC1=CN2CC(C(=O)O)=S(=O)=C2N=C1C. The van der Waals surface area contributed by atoms with Crippen LogP contribution in [0, 0.1) is 0 Å². The molecule has 0 aromatic rings. The van der Waals surface area contributed by atoms with Crippen LogP contribution in [0.5, 0.6) is 0 Å². The van der Waals surface area contributed by atoms with Gasteiger partial charge in [0.1, 0.15) is 4.86 Å². The van der Waals surface area contributed by atoms with Crippen molar-refractivity contribution in [3.8, 4) is 0 Å². The monoisotopic (exact) mass is 226 g/mol. The average Bonchev–Trinajstić information content (AvgIpc) is 2.46. The van der Waals surface area contributed by atoms with Crippen molar-refractivity contribution >= 4 is 31.6 Å². The topological polar surface area (TPSA) is 70.0 Å². The molecule has 0 saturated carbocycles. The van der Waals surface area contributed by atoms with E-state index >= 15 is 0 Å². The third-order valence-corrected chi connectivity index (χ3v) is 3.78. The fourth-order valence-electron chi connectivity index (χ4n) is 1.41. The molecule has 0 saturated heterocycles. The van der Waals surface area contributed by atoms with Crippen LogP contribution in [0.15, 0.2) is 16.8 Å². The number of carbonyl (C=O) groups is 1. The summed E-state index contributed by atoms with van der Waals surface area (Å²) in [4.78, 5) is 16.5. The first-order valence-corrected chi connectivity index (χ1v) is 5.54. The Morgan fingerprint density at radius 3 is 2.87 bits per heavy atom. The van der Waals surface area contributed by atoms with Crippen LogP contribution in [0.1, 0.15) is 13.8 Å². The van der Waals surface area contributed by atoms with Gasteiger partial charge in [-0.15, -0.1) is 0 Å². The largest absolute Gasteiger partial charge is 0.477 e. The molecule has 5 nitrogen and oxygen atoms in total. The molecule has 0 amide bonds. The Morgan fingerprint density at radius 1 is 1.60 bits per heavy atom. The molecular formula is C9H10N2O3S. The van der Waals surface area contributed by atoms with Gasteiger partial charge in [-0.05, 0) is 19.4 Å². The lowest BCUT2D eigenvalue weighted by molar-refractivity contribution is -0.129. The van der Waals surface area contributed by atoms with E-state index in [1.165, 1.54) is 0 Å². The van der Waals surface area contributed by atoms with E-state index in [9.17, 15) is 9.00 Å². The second kappa shape index (κ2) is 3.23. The molecule has 0 radical (unpaired) electrons. The van der Waals surface area contributed by atoms with E-state index < -0.39 is 15.9 Å². The number of aliphatic imine (C=N–C) groups is 1. The quantitative estimate of drug-likeness (QED) is 0.627. The Bertz CT molecular complexity index is 554. The molecule has 0 spiro atoms. The summed E-state index contributed by atoms with van der Waals surface area (Å²) in [5.41, 5.74) is 1.74. The summed E-state index contributed by atoms with van der Waals surface area (Å²) in [7, 11) is -1.62. The summed E-state index contributed by atoms with van der Waals surface area (Å²) in [6, 6.07) is 0. The van der Waals surface area contributed by atoms with Crippen LogP contribution in [0.2, 0.25) is 0 Å². The van der Waals surface area contributed by atoms with E-state index in [1.54, 1.807) is 11.1 Å². The minimum Gasteiger partial charge on any atom is -0.477 e. The second-order valence-electron chi connectivity index (χ2n) is 3.42. The van der Waals surface area contributed by atoms with Gasteiger partial charge in [-0.25, -0.2) is 14.0 Å². The molecule has 0 bridgehead atoms. The van der Waals surface area contributed by atoms with E-state index in [0.29, 0.717) is 5.11 Å². The number of hydrogen-bond acceptors (Lipinski definition) is 4. The third kappa shape index (κ3) is 1.46. The molecule has 0 aromatic heterocycles. The van der Waals surface area contributed by atoms with E-state index in [-0.39, 0.29) is 11.4 Å². The van der Waals surface area contributed by atoms with E-state index in [0.717, 1.165) is 11.3 Å². The highest BCUT2D eigenvalue weighted by molar-refractivity contribution is 7.86. The van der Waals surface area contributed by atoms with Gasteiger partial charge in [-0.2, -0.15) is 0 Å². The van der Waals surface area contributed by atoms with Crippen molar-refractivity contribution in [3.63, 3.8) is 0 Å². The van der Waals surface area contributed by atoms with Gasteiger partial charge in [-0.1, -0.05) is 0 Å². The Hall–Kier alpha value is -1.56. The number of carboxylic acid groups (broad SMARTS) is 1. The van der Waals surface area contributed by atoms with E-state index in [2.05, 4.69) is 4.99 Å². The van der Waals surface area contributed by atoms with Crippen LogP contribution >= 0.6 is 0 Å². The van der Waals surface area contributed by atoms with Gasteiger partial charge in [0.05, 0.1) is 16.5 Å². The van der Waals surface area contributed by atoms with Gasteiger partial charge < -0.3 is 10.0 Å². The van der Waals surface area contributed by atoms with E-state index in [1.807, 2.05) is 13.8 Å². The highest BCUT2D eigenvalue weighted by Gasteiger charge is 2.27. The van der Waals surface area contributed by atoms with Crippen molar-refractivity contribution in [2.75, 3.05) is 6.54 Å². The molecule has 80 valence electrons. The fourth-order valence-corrected chi connectivity index (χ4v) is 2.60. The van der Waals surface area contributed by atoms with Gasteiger partial charge >= 0.3 is 5.97 Å². The zero-order valence-corrected chi connectivity index (χ0v) is 9.17. The molecule has 15 heavy (non-hydrogen) atoms. The number of hydrogen-bond donors (Lipinski definition) is 1. The number of aliphatic carboxylic acids is 1. The molecule has 0 aromatic carbocycles. The fraction of sp³-hybridized carbons (Fsp3) is 0.333. The molecule has 6 heteroatoms.